The van der Waals surface area contributed by atoms with Crippen LogP contribution in [0.1, 0.15) is 37.8 Å². The predicted octanol–water partition coefficient (Wildman–Crippen LogP) is 2.81. The van der Waals surface area contributed by atoms with Crippen molar-refractivity contribution in [3.63, 3.8) is 0 Å². The molecule has 0 spiro atoms. The topological polar surface area (TPSA) is 29.3 Å². The van der Waals surface area contributed by atoms with E-state index in [1.54, 1.807) is 0 Å². The maximum Gasteiger partial charge on any atom is 0.0284 e. The van der Waals surface area contributed by atoms with E-state index in [9.17, 15) is 0 Å². The van der Waals surface area contributed by atoms with Gasteiger partial charge >= 0.3 is 0 Å². The third-order valence-corrected chi connectivity index (χ3v) is 3.60. The lowest BCUT2D eigenvalue weighted by Gasteiger charge is -2.20. The van der Waals surface area contributed by atoms with Gasteiger partial charge in [-0.05, 0) is 43.4 Å². The highest BCUT2D eigenvalue weighted by Crippen LogP contribution is 2.32. The van der Waals surface area contributed by atoms with E-state index in [1.807, 2.05) is 0 Å². The highest BCUT2D eigenvalue weighted by molar-refractivity contribution is 5.23. The van der Waals surface area contributed by atoms with Crippen LogP contribution >= 0.6 is 0 Å². The molecule has 18 heavy (non-hydrogen) atoms. The number of benzene rings is 1. The second-order valence-corrected chi connectivity index (χ2v) is 6.45. The van der Waals surface area contributed by atoms with Crippen LogP contribution < -0.4 is 5.73 Å². The normalized spacial score (nSPS) is 17.4. The summed E-state index contributed by atoms with van der Waals surface area (Å²) in [6.07, 6.45) is 3.54. The van der Waals surface area contributed by atoms with E-state index in [-0.39, 0.29) is 5.54 Å². The van der Waals surface area contributed by atoms with Crippen LogP contribution in [0.2, 0.25) is 0 Å². The van der Waals surface area contributed by atoms with Gasteiger partial charge in [0.25, 0.3) is 0 Å². The Bertz CT molecular complexity index is 377. The summed E-state index contributed by atoms with van der Waals surface area (Å²) >= 11 is 0. The van der Waals surface area contributed by atoms with Crippen LogP contribution in [0.4, 0.5) is 0 Å². The molecule has 2 nitrogen and oxygen atoms in total. The summed E-state index contributed by atoms with van der Waals surface area (Å²) in [6.45, 7) is 6.54. The Balaban J connectivity index is 1.85. The van der Waals surface area contributed by atoms with Crippen LogP contribution in [0.25, 0.3) is 0 Å². The number of rotatable bonds is 6. The molecule has 0 atom stereocenters. The molecule has 1 aliphatic carbocycles. The van der Waals surface area contributed by atoms with Gasteiger partial charge in [0.15, 0.2) is 0 Å². The van der Waals surface area contributed by atoms with Gasteiger partial charge in [-0.15, -0.1) is 0 Å². The minimum Gasteiger partial charge on any atom is -0.324 e. The molecule has 2 N–H and O–H groups in total. The van der Waals surface area contributed by atoms with Crippen molar-refractivity contribution in [2.24, 2.45) is 11.7 Å². The van der Waals surface area contributed by atoms with E-state index >= 15 is 0 Å². The lowest BCUT2D eigenvalue weighted by atomic mass is 10.0. The quantitative estimate of drug-likeness (QED) is 0.836. The zero-order valence-electron chi connectivity index (χ0n) is 11.9. The molecule has 1 saturated carbocycles. The van der Waals surface area contributed by atoms with E-state index in [4.69, 9.17) is 5.73 Å². The molecule has 2 rings (SSSR count). The highest BCUT2D eigenvalue weighted by atomic mass is 15.1. The minimum atomic E-state index is 0.117. The van der Waals surface area contributed by atoms with Crippen LogP contribution in [0.5, 0.6) is 0 Å². The van der Waals surface area contributed by atoms with Crippen LogP contribution in [-0.4, -0.2) is 24.0 Å². The Labute approximate surface area is 111 Å². The summed E-state index contributed by atoms with van der Waals surface area (Å²) in [5.74, 6) is 0.727. The first-order valence-electron chi connectivity index (χ1n) is 7.02. The molecule has 0 heterocycles. The summed E-state index contributed by atoms with van der Waals surface area (Å²) in [4.78, 5) is 2.34. The van der Waals surface area contributed by atoms with Gasteiger partial charge in [-0.1, -0.05) is 38.1 Å². The van der Waals surface area contributed by atoms with Gasteiger partial charge in [0.2, 0.25) is 0 Å². The number of nitrogens with two attached hydrogens (primary N) is 1. The number of nitrogens with zero attached hydrogens (tertiary/aromatic N) is 1. The van der Waals surface area contributed by atoms with E-state index < -0.39 is 0 Å². The zero-order chi connectivity index (χ0) is 13.2. The molecule has 0 aromatic heterocycles. The molecule has 1 aliphatic rings. The van der Waals surface area contributed by atoms with Crippen molar-refractivity contribution < 1.29 is 0 Å². The lowest BCUT2D eigenvalue weighted by Crippen LogP contribution is -2.36. The average Bonchev–Trinajstić information content (AvgIpc) is 2.98. The van der Waals surface area contributed by atoms with Crippen molar-refractivity contribution in [3.8, 4) is 0 Å². The van der Waals surface area contributed by atoms with Gasteiger partial charge in [-0.3, -0.25) is 0 Å². The van der Waals surface area contributed by atoms with Gasteiger partial charge in [0.05, 0.1) is 0 Å². The van der Waals surface area contributed by atoms with E-state index in [2.05, 4.69) is 50.1 Å². The molecule has 0 radical (unpaired) electrons. The van der Waals surface area contributed by atoms with Crippen LogP contribution in [0.3, 0.4) is 0 Å². The second-order valence-electron chi connectivity index (χ2n) is 6.45. The van der Waals surface area contributed by atoms with E-state index in [0.717, 1.165) is 19.0 Å². The summed E-state index contributed by atoms with van der Waals surface area (Å²) in [5.41, 5.74) is 9.08. The Hall–Kier alpha value is -0.860. The zero-order valence-corrected chi connectivity index (χ0v) is 11.9. The maximum atomic E-state index is 6.14. The first-order chi connectivity index (χ1) is 8.47. The van der Waals surface area contributed by atoms with Crippen molar-refractivity contribution in [2.45, 2.75) is 45.2 Å². The minimum absolute atomic E-state index is 0.117. The molecule has 1 fully saturated rings. The van der Waals surface area contributed by atoms with Crippen molar-refractivity contribution in [2.75, 3.05) is 13.6 Å². The molecule has 0 aliphatic heterocycles. The van der Waals surface area contributed by atoms with E-state index in [0.29, 0.717) is 0 Å². The first-order valence-corrected chi connectivity index (χ1v) is 7.02. The molecule has 0 bridgehead atoms. The Morgan fingerprint density at radius 1 is 1.17 bits per heavy atom. The number of likely N-dealkylation sites (N-methyl/N-ethyl adjacent to an activating group) is 1. The van der Waals surface area contributed by atoms with Crippen LogP contribution in [0.15, 0.2) is 24.3 Å². The van der Waals surface area contributed by atoms with Gasteiger partial charge in [0, 0.05) is 18.6 Å². The van der Waals surface area contributed by atoms with Gasteiger partial charge < -0.3 is 10.6 Å². The fourth-order valence-electron chi connectivity index (χ4n) is 2.48. The second kappa shape index (κ2) is 5.41. The average molecular weight is 246 g/mol. The van der Waals surface area contributed by atoms with Gasteiger partial charge in [0.1, 0.15) is 0 Å². The summed E-state index contributed by atoms with van der Waals surface area (Å²) in [7, 11) is 2.16. The summed E-state index contributed by atoms with van der Waals surface area (Å²) in [5, 5.41) is 0. The first kappa shape index (κ1) is 13.6. The SMILES string of the molecule is CC(C)Cc1ccc(CN(C)CC2(N)CC2)cc1. The largest absolute Gasteiger partial charge is 0.324 e. The molecule has 2 heteroatoms. The van der Waals surface area contributed by atoms with Crippen LogP contribution in [0, 0.1) is 5.92 Å². The molecule has 0 amide bonds. The standard InChI is InChI=1S/C16H26N2/c1-13(2)10-14-4-6-15(7-5-14)11-18(3)12-16(17)8-9-16/h4-7,13H,8-12,17H2,1-3H3. The molecule has 0 unspecified atom stereocenters. The van der Waals surface area contributed by atoms with E-state index in [1.165, 1.54) is 30.4 Å². The summed E-state index contributed by atoms with van der Waals surface area (Å²) in [6, 6.07) is 9.03. The molecule has 1 aromatic carbocycles. The smallest absolute Gasteiger partial charge is 0.0284 e. The maximum absolute atomic E-state index is 6.14. The van der Waals surface area contributed by atoms with Gasteiger partial charge in [-0.2, -0.15) is 0 Å². The molecular formula is C16H26N2. The van der Waals surface area contributed by atoms with Crippen molar-refractivity contribution in [1.82, 2.24) is 4.90 Å². The third kappa shape index (κ3) is 4.11. The van der Waals surface area contributed by atoms with Crippen molar-refractivity contribution in [1.29, 1.82) is 0 Å². The molecular weight excluding hydrogens is 220 g/mol. The van der Waals surface area contributed by atoms with Crippen molar-refractivity contribution >= 4 is 0 Å². The lowest BCUT2D eigenvalue weighted by molar-refractivity contribution is 0.296. The number of hydrogen-bond donors (Lipinski definition) is 1. The summed E-state index contributed by atoms with van der Waals surface area (Å²) < 4.78 is 0. The Morgan fingerprint density at radius 2 is 1.72 bits per heavy atom. The Kier molecular flexibility index (Phi) is 4.08. The fraction of sp³-hybridized carbons (Fsp3) is 0.625. The molecule has 0 saturated heterocycles. The fourth-order valence-corrected chi connectivity index (χ4v) is 2.48. The third-order valence-electron chi connectivity index (χ3n) is 3.60. The number of hydrogen-bond acceptors (Lipinski definition) is 2. The predicted molar refractivity (Wildman–Crippen MR) is 77.5 cm³/mol. The highest BCUT2D eigenvalue weighted by Gasteiger charge is 2.38. The molecule has 100 valence electrons. The van der Waals surface area contributed by atoms with Crippen molar-refractivity contribution in [3.05, 3.63) is 35.4 Å². The monoisotopic (exact) mass is 246 g/mol. The van der Waals surface area contributed by atoms with Gasteiger partial charge in [-0.25, -0.2) is 0 Å². The molecule has 1 aromatic rings. The Morgan fingerprint density at radius 3 is 2.22 bits per heavy atom. The van der Waals surface area contributed by atoms with Crippen LogP contribution in [-0.2, 0) is 13.0 Å².